The first-order valence-corrected chi connectivity index (χ1v) is 8.25. The molecule has 0 unspecified atom stereocenters. The highest BCUT2D eigenvalue weighted by Crippen LogP contribution is 2.65. The number of hydrogen-bond acceptors (Lipinski definition) is 3. The Labute approximate surface area is 134 Å². The molecule has 6 atom stereocenters. The highest BCUT2D eigenvalue weighted by Gasteiger charge is 2.67. The highest BCUT2D eigenvalue weighted by molar-refractivity contribution is 6.21. The third kappa shape index (κ3) is 1.58. The van der Waals surface area contributed by atoms with Crippen LogP contribution in [0.25, 0.3) is 0 Å². The summed E-state index contributed by atoms with van der Waals surface area (Å²) in [5.74, 6) is -0.237. The molecule has 1 aromatic carbocycles. The van der Waals surface area contributed by atoms with E-state index in [1.807, 2.05) is 19.1 Å². The molecule has 3 amide bonds. The number of nitrogens with zero attached hydrogens (tertiary/aromatic N) is 1. The Hall–Kier alpha value is -2.23. The van der Waals surface area contributed by atoms with Gasteiger partial charge in [0.05, 0.1) is 11.8 Å². The van der Waals surface area contributed by atoms with E-state index in [-0.39, 0.29) is 35.5 Å². The topological polar surface area (TPSA) is 54.5 Å². The van der Waals surface area contributed by atoms with Crippen molar-refractivity contribution in [1.82, 2.24) is 4.90 Å². The first-order chi connectivity index (χ1) is 11.1. The molecular weight excluding hydrogens is 290 g/mol. The summed E-state index contributed by atoms with van der Waals surface area (Å²) in [4.78, 5) is 39.3. The second kappa shape index (κ2) is 4.19. The van der Waals surface area contributed by atoms with Gasteiger partial charge in [-0.2, -0.15) is 0 Å². The summed E-state index contributed by atoms with van der Waals surface area (Å²) >= 11 is 0. The number of rotatable bonds is 1. The second-order valence-corrected chi connectivity index (χ2v) is 7.34. The summed E-state index contributed by atoms with van der Waals surface area (Å²) < 4.78 is 0. The Balaban J connectivity index is 1.52. The molecule has 2 bridgehead atoms. The summed E-state index contributed by atoms with van der Waals surface area (Å²) in [6.07, 6.45) is 5.36. The minimum absolute atomic E-state index is 0.155. The summed E-state index contributed by atoms with van der Waals surface area (Å²) in [5, 5.41) is 0. The number of hydrogen-bond donors (Lipinski definition) is 0. The van der Waals surface area contributed by atoms with E-state index in [4.69, 9.17) is 0 Å². The molecule has 0 aromatic heterocycles. The van der Waals surface area contributed by atoms with E-state index in [2.05, 4.69) is 12.2 Å². The predicted octanol–water partition coefficient (Wildman–Crippen LogP) is 2.19. The molecule has 2 saturated carbocycles. The molecule has 0 radical (unpaired) electrons. The van der Waals surface area contributed by atoms with Crippen molar-refractivity contribution in [3.05, 3.63) is 47.5 Å². The van der Waals surface area contributed by atoms with Gasteiger partial charge in [-0.25, -0.2) is 4.90 Å². The van der Waals surface area contributed by atoms with Gasteiger partial charge in [-0.15, -0.1) is 0 Å². The van der Waals surface area contributed by atoms with Crippen LogP contribution in [0.5, 0.6) is 0 Å². The fraction of sp³-hybridized carbons (Fsp3) is 0.421. The molecule has 1 aromatic rings. The van der Waals surface area contributed by atoms with Gasteiger partial charge in [-0.05, 0) is 49.1 Å². The number of amides is 3. The zero-order valence-electron chi connectivity index (χ0n) is 12.8. The van der Waals surface area contributed by atoms with Crippen LogP contribution in [0.4, 0.5) is 0 Å². The third-order valence-electron chi connectivity index (χ3n) is 6.16. The van der Waals surface area contributed by atoms with Crippen LogP contribution in [0.2, 0.25) is 0 Å². The standard InChI is InChI=1S/C19H17NO3/c1-9-2-4-10(5-3-9)17(21)20-18(22)15-11-6-7-12(14-8-13(11)14)16(15)19(20)23/h2-7,11-16H,8H2,1H3/t11-,12-,13-,14+,15+,16+/m0/s1. The largest absolute Gasteiger partial charge is 0.274 e. The molecule has 3 fully saturated rings. The average Bonchev–Trinajstić information content (AvgIpc) is 3.32. The maximum atomic E-state index is 12.8. The van der Waals surface area contributed by atoms with Crippen molar-refractivity contribution >= 4 is 17.7 Å². The Morgan fingerprint density at radius 2 is 1.48 bits per heavy atom. The number of imide groups is 3. The van der Waals surface area contributed by atoms with Crippen molar-refractivity contribution in [2.24, 2.45) is 35.5 Å². The molecule has 23 heavy (non-hydrogen) atoms. The van der Waals surface area contributed by atoms with Gasteiger partial charge in [-0.3, -0.25) is 14.4 Å². The van der Waals surface area contributed by atoms with Gasteiger partial charge in [0.15, 0.2) is 0 Å². The number of allylic oxidation sites excluding steroid dienone is 2. The number of likely N-dealkylation sites (tertiary alicyclic amines) is 1. The van der Waals surface area contributed by atoms with E-state index in [9.17, 15) is 14.4 Å². The van der Waals surface area contributed by atoms with E-state index >= 15 is 0 Å². The predicted molar refractivity (Wildman–Crippen MR) is 82.1 cm³/mol. The minimum atomic E-state index is -0.470. The van der Waals surface area contributed by atoms with Gasteiger partial charge in [0.25, 0.3) is 5.91 Å². The Morgan fingerprint density at radius 1 is 0.957 bits per heavy atom. The van der Waals surface area contributed by atoms with E-state index in [1.54, 1.807) is 12.1 Å². The third-order valence-corrected chi connectivity index (χ3v) is 6.16. The minimum Gasteiger partial charge on any atom is -0.274 e. The molecular formula is C19H17NO3. The summed E-state index contributed by atoms with van der Waals surface area (Å²) in [7, 11) is 0. The SMILES string of the molecule is Cc1ccc(C(=O)N2C(=O)[C@@H]3[C@H]4C=C[C@@H]([C@@H]5C[C@H]45)[C@H]3C2=O)cc1. The van der Waals surface area contributed by atoms with Gasteiger partial charge in [-0.1, -0.05) is 29.8 Å². The summed E-state index contributed by atoms with van der Waals surface area (Å²) in [6, 6.07) is 7.02. The van der Waals surface area contributed by atoms with Crippen LogP contribution in [-0.2, 0) is 9.59 Å². The van der Waals surface area contributed by atoms with Gasteiger partial charge in [0, 0.05) is 5.56 Å². The van der Waals surface area contributed by atoms with Crippen molar-refractivity contribution in [2.45, 2.75) is 13.3 Å². The lowest BCUT2D eigenvalue weighted by Crippen LogP contribution is -2.40. The number of carbonyl (C=O) groups is 3. The number of benzene rings is 1. The molecule has 6 rings (SSSR count). The lowest BCUT2D eigenvalue weighted by Gasteiger charge is -2.37. The first kappa shape index (κ1) is 13.2. The molecule has 0 spiro atoms. The Bertz CT molecular complexity index is 742. The number of aryl methyl sites for hydroxylation is 1. The smallest absolute Gasteiger partial charge is 0.267 e. The molecule has 5 aliphatic rings. The van der Waals surface area contributed by atoms with E-state index in [0.29, 0.717) is 17.4 Å². The summed E-state index contributed by atoms with van der Waals surface area (Å²) in [5.41, 5.74) is 1.44. The number of carbonyl (C=O) groups excluding carboxylic acids is 3. The lowest BCUT2D eigenvalue weighted by molar-refractivity contribution is -0.136. The zero-order chi connectivity index (χ0) is 15.9. The van der Waals surface area contributed by atoms with Crippen LogP contribution in [0.3, 0.4) is 0 Å². The molecule has 4 nitrogen and oxygen atoms in total. The fourth-order valence-corrected chi connectivity index (χ4v) is 4.98. The van der Waals surface area contributed by atoms with Gasteiger partial charge < -0.3 is 0 Å². The molecule has 4 aliphatic carbocycles. The van der Waals surface area contributed by atoms with Crippen molar-refractivity contribution in [3.63, 3.8) is 0 Å². The summed E-state index contributed by atoms with van der Waals surface area (Å²) in [6.45, 7) is 1.94. The highest BCUT2D eigenvalue weighted by atomic mass is 16.2. The van der Waals surface area contributed by atoms with E-state index < -0.39 is 5.91 Å². The zero-order valence-corrected chi connectivity index (χ0v) is 12.8. The van der Waals surface area contributed by atoms with Crippen molar-refractivity contribution in [2.75, 3.05) is 0 Å². The van der Waals surface area contributed by atoms with Crippen LogP contribution >= 0.6 is 0 Å². The maximum Gasteiger partial charge on any atom is 0.267 e. The van der Waals surface area contributed by atoms with Crippen LogP contribution in [0.1, 0.15) is 22.3 Å². The first-order valence-electron chi connectivity index (χ1n) is 8.25. The Morgan fingerprint density at radius 3 is 2.00 bits per heavy atom. The van der Waals surface area contributed by atoms with Gasteiger partial charge in [0.1, 0.15) is 0 Å². The molecule has 4 heteroatoms. The molecule has 1 aliphatic heterocycles. The molecule has 116 valence electrons. The van der Waals surface area contributed by atoms with Crippen LogP contribution in [-0.4, -0.2) is 22.6 Å². The fourth-order valence-electron chi connectivity index (χ4n) is 4.98. The van der Waals surface area contributed by atoms with Gasteiger partial charge in [0.2, 0.25) is 11.8 Å². The van der Waals surface area contributed by atoms with Gasteiger partial charge >= 0.3 is 0 Å². The van der Waals surface area contributed by atoms with Crippen LogP contribution < -0.4 is 0 Å². The molecule has 1 saturated heterocycles. The van der Waals surface area contributed by atoms with Crippen molar-refractivity contribution in [3.8, 4) is 0 Å². The second-order valence-electron chi connectivity index (χ2n) is 7.34. The van der Waals surface area contributed by atoms with Crippen LogP contribution in [0.15, 0.2) is 36.4 Å². The normalized spacial score (nSPS) is 39.4. The van der Waals surface area contributed by atoms with E-state index in [1.165, 1.54) is 0 Å². The monoisotopic (exact) mass is 307 g/mol. The van der Waals surface area contributed by atoms with E-state index in [0.717, 1.165) is 16.9 Å². The molecule has 1 heterocycles. The Kier molecular flexibility index (Phi) is 2.41. The molecule has 0 N–H and O–H groups in total. The maximum absolute atomic E-state index is 12.8. The van der Waals surface area contributed by atoms with Crippen molar-refractivity contribution < 1.29 is 14.4 Å². The quantitative estimate of drug-likeness (QED) is 0.590. The van der Waals surface area contributed by atoms with Crippen molar-refractivity contribution in [1.29, 1.82) is 0 Å². The lowest BCUT2D eigenvalue weighted by atomic mass is 9.63. The average molecular weight is 307 g/mol. The van der Waals surface area contributed by atoms with Crippen LogP contribution in [0, 0.1) is 42.4 Å².